The van der Waals surface area contributed by atoms with Gasteiger partial charge < -0.3 is 4.74 Å². The van der Waals surface area contributed by atoms with E-state index < -0.39 is 0 Å². The Hall–Kier alpha value is -0.300. The van der Waals surface area contributed by atoms with Gasteiger partial charge in [-0.05, 0) is 32.6 Å². The van der Waals surface area contributed by atoms with E-state index in [2.05, 4.69) is 27.4 Å². The van der Waals surface area contributed by atoms with E-state index in [1.54, 1.807) is 0 Å². The third-order valence-corrected chi connectivity index (χ3v) is 4.97. The van der Waals surface area contributed by atoms with Crippen LogP contribution in [0.4, 0.5) is 0 Å². The van der Waals surface area contributed by atoms with Crippen LogP contribution in [-0.4, -0.2) is 12.7 Å². The van der Waals surface area contributed by atoms with Crippen molar-refractivity contribution in [2.24, 2.45) is 5.41 Å². The molecule has 1 rings (SSSR count). The van der Waals surface area contributed by atoms with Gasteiger partial charge in [-0.1, -0.05) is 70.9 Å². The van der Waals surface area contributed by atoms with Gasteiger partial charge >= 0.3 is 0 Å². The lowest BCUT2D eigenvalue weighted by atomic mass is 9.75. The van der Waals surface area contributed by atoms with Crippen LogP contribution in [0.1, 0.15) is 91.4 Å². The first-order chi connectivity index (χ1) is 9.58. The Morgan fingerprint density at radius 1 is 1.10 bits per heavy atom. The summed E-state index contributed by atoms with van der Waals surface area (Å²) in [6, 6.07) is 0. The van der Waals surface area contributed by atoms with Crippen molar-refractivity contribution in [2.75, 3.05) is 6.61 Å². The van der Waals surface area contributed by atoms with Gasteiger partial charge in [0, 0.05) is 5.41 Å². The second kappa shape index (κ2) is 9.60. The summed E-state index contributed by atoms with van der Waals surface area (Å²) in [5, 5.41) is 0. The average Bonchev–Trinajstić information content (AvgIpc) is 2.45. The Morgan fingerprint density at radius 3 is 2.25 bits per heavy atom. The largest absolute Gasteiger partial charge is 0.378 e. The average molecular weight is 280 g/mol. The first-order valence-corrected chi connectivity index (χ1v) is 8.88. The maximum absolute atomic E-state index is 5.84. The van der Waals surface area contributed by atoms with Crippen molar-refractivity contribution in [2.45, 2.75) is 97.5 Å². The van der Waals surface area contributed by atoms with Crippen LogP contribution in [0.2, 0.25) is 0 Å². The van der Waals surface area contributed by atoms with E-state index in [4.69, 9.17) is 4.74 Å². The molecule has 0 amide bonds. The minimum absolute atomic E-state index is 0.244. The van der Waals surface area contributed by atoms with Crippen LogP contribution in [-0.2, 0) is 4.74 Å². The Kier molecular flexibility index (Phi) is 8.52. The molecule has 1 nitrogen and oxygen atoms in total. The highest BCUT2D eigenvalue weighted by Gasteiger charge is 2.32. The second-order valence-electron chi connectivity index (χ2n) is 7.05. The standard InChI is InChI=1S/C19H36O/c1-5-6-7-8-9-10-11-12-13-17(2)19(4)15-14-18(3)20-16-19/h18H,2,5-16H2,1,3-4H3. The summed E-state index contributed by atoms with van der Waals surface area (Å²) < 4.78 is 5.84. The molecule has 0 saturated carbocycles. The van der Waals surface area contributed by atoms with E-state index in [0.717, 1.165) is 6.61 Å². The lowest BCUT2D eigenvalue weighted by Crippen LogP contribution is -2.33. The Balaban J connectivity index is 2.05. The van der Waals surface area contributed by atoms with Crippen LogP contribution in [0, 0.1) is 5.41 Å². The fourth-order valence-electron chi connectivity index (χ4n) is 3.06. The third-order valence-electron chi connectivity index (χ3n) is 4.97. The van der Waals surface area contributed by atoms with Crippen molar-refractivity contribution in [3.63, 3.8) is 0 Å². The van der Waals surface area contributed by atoms with Gasteiger partial charge in [-0.2, -0.15) is 0 Å². The second-order valence-corrected chi connectivity index (χ2v) is 7.05. The van der Waals surface area contributed by atoms with Gasteiger partial charge in [0.15, 0.2) is 0 Å². The Bertz CT molecular complexity index is 261. The van der Waals surface area contributed by atoms with E-state index in [0.29, 0.717) is 6.10 Å². The quantitative estimate of drug-likeness (QED) is 0.338. The van der Waals surface area contributed by atoms with Crippen LogP contribution in [0.3, 0.4) is 0 Å². The number of hydrogen-bond acceptors (Lipinski definition) is 1. The highest BCUT2D eigenvalue weighted by Crippen LogP contribution is 2.38. The molecule has 1 aliphatic rings. The van der Waals surface area contributed by atoms with E-state index >= 15 is 0 Å². The summed E-state index contributed by atoms with van der Waals surface area (Å²) in [4.78, 5) is 0. The summed E-state index contributed by atoms with van der Waals surface area (Å²) in [5.74, 6) is 0. The first kappa shape index (κ1) is 17.8. The predicted molar refractivity (Wildman–Crippen MR) is 89.1 cm³/mol. The molecule has 0 aromatic carbocycles. The molecule has 0 aromatic heterocycles. The molecule has 0 spiro atoms. The molecule has 0 bridgehead atoms. The number of ether oxygens (including phenoxy) is 1. The van der Waals surface area contributed by atoms with Crippen LogP contribution in [0.25, 0.3) is 0 Å². The van der Waals surface area contributed by atoms with Crippen LogP contribution < -0.4 is 0 Å². The summed E-state index contributed by atoms with van der Waals surface area (Å²) in [6.45, 7) is 12.0. The monoisotopic (exact) mass is 280 g/mol. The number of rotatable bonds is 10. The summed E-state index contributed by atoms with van der Waals surface area (Å²) in [5.41, 5.74) is 1.67. The molecule has 1 aliphatic heterocycles. The highest BCUT2D eigenvalue weighted by atomic mass is 16.5. The molecule has 0 radical (unpaired) electrons. The van der Waals surface area contributed by atoms with Crippen molar-refractivity contribution in [3.8, 4) is 0 Å². The Morgan fingerprint density at radius 2 is 1.70 bits per heavy atom. The van der Waals surface area contributed by atoms with Gasteiger partial charge in [0.1, 0.15) is 0 Å². The molecule has 0 N–H and O–H groups in total. The molecule has 20 heavy (non-hydrogen) atoms. The summed E-state index contributed by atoms with van der Waals surface area (Å²) in [6.07, 6.45) is 15.2. The maximum atomic E-state index is 5.84. The number of unbranched alkanes of at least 4 members (excludes halogenated alkanes) is 7. The summed E-state index contributed by atoms with van der Waals surface area (Å²) in [7, 11) is 0. The maximum Gasteiger partial charge on any atom is 0.0560 e. The van der Waals surface area contributed by atoms with Gasteiger partial charge in [0.05, 0.1) is 12.7 Å². The molecular weight excluding hydrogens is 244 g/mol. The van der Waals surface area contributed by atoms with E-state index in [9.17, 15) is 0 Å². The zero-order valence-corrected chi connectivity index (χ0v) is 14.2. The van der Waals surface area contributed by atoms with Crippen LogP contribution in [0.5, 0.6) is 0 Å². The van der Waals surface area contributed by atoms with Crippen molar-refractivity contribution in [1.29, 1.82) is 0 Å². The van der Waals surface area contributed by atoms with Gasteiger partial charge in [-0.25, -0.2) is 0 Å². The van der Waals surface area contributed by atoms with Crippen LogP contribution >= 0.6 is 0 Å². The highest BCUT2D eigenvalue weighted by molar-refractivity contribution is 5.10. The normalized spacial score (nSPS) is 26.6. The molecule has 1 heteroatoms. The topological polar surface area (TPSA) is 9.23 Å². The minimum Gasteiger partial charge on any atom is -0.378 e. The third kappa shape index (κ3) is 6.43. The smallest absolute Gasteiger partial charge is 0.0560 e. The lowest BCUT2D eigenvalue weighted by molar-refractivity contribution is -0.0324. The van der Waals surface area contributed by atoms with Gasteiger partial charge in [-0.3, -0.25) is 0 Å². The fraction of sp³-hybridized carbons (Fsp3) is 0.895. The van der Waals surface area contributed by atoms with E-state index in [1.807, 2.05) is 0 Å². The lowest BCUT2D eigenvalue weighted by Gasteiger charge is -2.38. The fourth-order valence-corrected chi connectivity index (χ4v) is 3.06. The molecule has 1 heterocycles. The molecule has 118 valence electrons. The molecule has 0 aliphatic carbocycles. The van der Waals surface area contributed by atoms with Crippen molar-refractivity contribution in [1.82, 2.24) is 0 Å². The minimum atomic E-state index is 0.244. The molecular formula is C19H36O. The predicted octanol–water partition coefficient (Wildman–Crippen LogP) is 6.28. The first-order valence-electron chi connectivity index (χ1n) is 8.88. The molecule has 2 atom stereocenters. The molecule has 0 aromatic rings. The van der Waals surface area contributed by atoms with Crippen molar-refractivity contribution < 1.29 is 4.74 Å². The van der Waals surface area contributed by atoms with Gasteiger partial charge in [0.2, 0.25) is 0 Å². The Labute approximate surface area is 127 Å². The number of hydrogen-bond donors (Lipinski definition) is 0. The molecule has 2 unspecified atom stereocenters. The van der Waals surface area contributed by atoms with E-state index in [-0.39, 0.29) is 5.41 Å². The molecule has 1 saturated heterocycles. The van der Waals surface area contributed by atoms with Gasteiger partial charge in [0.25, 0.3) is 0 Å². The zero-order valence-electron chi connectivity index (χ0n) is 14.2. The SMILES string of the molecule is C=C(CCCCCCCCCC)C1(C)CCC(C)OC1. The van der Waals surface area contributed by atoms with E-state index in [1.165, 1.54) is 76.2 Å². The van der Waals surface area contributed by atoms with Gasteiger partial charge in [-0.15, -0.1) is 0 Å². The zero-order chi connectivity index (χ0) is 14.8. The van der Waals surface area contributed by atoms with Crippen LogP contribution in [0.15, 0.2) is 12.2 Å². The van der Waals surface area contributed by atoms with Crippen molar-refractivity contribution in [3.05, 3.63) is 12.2 Å². The molecule has 1 fully saturated rings. The van der Waals surface area contributed by atoms with Crippen molar-refractivity contribution >= 4 is 0 Å². The summed E-state index contributed by atoms with van der Waals surface area (Å²) >= 11 is 0.